The van der Waals surface area contributed by atoms with E-state index in [1.54, 1.807) is 24.0 Å². The predicted molar refractivity (Wildman–Crippen MR) is 114 cm³/mol. The monoisotopic (exact) mass is 457 g/mol. The number of nitrogens with zero attached hydrogens (tertiary/aromatic N) is 2. The third kappa shape index (κ3) is 5.37. The SMILES string of the molecule is CCS(=O)(=O)Nc1ccc(C(=O)N2CCN(C(C)c3cc(F)c(F)c(F)c3)CC2)cc1.[HH]. The van der Waals surface area contributed by atoms with Gasteiger partial charge in [0.1, 0.15) is 0 Å². The summed E-state index contributed by atoms with van der Waals surface area (Å²) < 4.78 is 66.0. The van der Waals surface area contributed by atoms with Crippen LogP contribution in [-0.2, 0) is 10.0 Å². The number of nitrogens with one attached hydrogen (secondary N) is 1. The molecule has 2 aromatic rings. The van der Waals surface area contributed by atoms with Crippen molar-refractivity contribution >= 4 is 21.6 Å². The third-order valence-corrected chi connectivity index (χ3v) is 6.73. The molecule has 1 atom stereocenters. The summed E-state index contributed by atoms with van der Waals surface area (Å²) in [5, 5.41) is 0. The van der Waals surface area contributed by atoms with Gasteiger partial charge >= 0.3 is 0 Å². The van der Waals surface area contributed by atoms with Crippen molar-refractivity contribution in [2.45, 2.75) is 19.9 Å². The lowest BCUT2D eigenvalue weighted by Gasteiger charge is -2.38. The number of sulfonamides is 1. The van der Waals surface area contributed by atoms with Crippen LogP contribution in [0.15, 0.2) is 36.4 Å². The van der Waals surface area contributed by atoms with Crippen molar-refractivity contribution < 1.29 is 27.8 Å². The van der Waals surface area contributed by atoms with Crippen molar-refractivity contribution in [1.82, 2.24) is 9.80 Å². The van der Waals surface area contributed by atoms with Gasteiger partial charge in [-0.3, -0.25) is 14.4 Å². The summed E-state index contributed by atoms with van der Waals surface area (Å²) in [6.45, 7) is 5.12. The lowest BCUT2D eigenvalue weighted by atomic mass is 10.0. The van der Waals surface area contributed by atoms with Crippen LogP contribution in [0, 0.1) is 17.5 Å². The highest BCUT2D eigenvalue weighted by Gasteiger charge is 2.26. The molecule has 1 amide bonds. The van der Waals surface area contributed by atoms with Crippen molar-refractivity contribution in [3.05, 3.63) is 65.0 Å². The molecular weight excluding hydrogens is 431 g/mol. The van der Waals surface area contributed by atoms with E-state index < -0.39 is 27.5 Å². The second kappa shape index (κ2) is 9.27. The first kappa shape index (κ1) is 23.1. The molecule has 2 aromatic carbocycles. The van der Waals surface area contributed by atoms with Crippen molar-refractivity contribution in [1.29, 1.82) is 0 Å². The molecule has 0 spiro atoms. The molecule has 0 saturated carbocycles. The van der Waals surface area contributed by atoms with E-state index in [4.69, 9.17) is 0 Å². The van der Waals surface area contributed by atoms with Gasteiger partial charge < -0.3 is 4.90 Å². The Hall–Kier alpha value is -2.59. The highest BCUT2D eigenvalue weighted by atomic mass is 32.2. The number of rotatable bonds is 6. The fraction of sp³-hybridized carbons (Fsp3) is 0.381. The van der Waals surface area contributed by atoms with Gasteiger partial charge in [-0.15, -0.1) is 0 Å². The van der Waals surface area contributed by atoms with Gasteiger partial charge in [0.25, 0.3) is 5.91 Å². The quantitative estimate of drug-likeness (QED) is 0.673. The number of hydrogen-bond acceptors (Lipinski definition) is 4. The minimum Gasteiger partial charge on any atom is -0.336 e. The Kier molecular flexibility index (Phi) is 6.90. The summed E-state index contributed by atoms with van der Waals surface area (Å²) in [7, 11) is -3.39. The number of anilines is 1. The van der Waals surface area contributed by atoms with E-state index in [1.165, 1.54) is 19.1 Å². The summed E-state index contributed by atoms with van der Waals surface area (Å²) in [6, 6.07) is 7.85. The summed E-state index contributed by atoms with van der Waals surface area (Å²) in [6.07, 6.45) is 0. The molecule has 31 heavy (non-hydrogen) atoms. The van der Waals surface area contributed by atoms with Crippen LogP contribution >= 0.6 is 0 Å². The van der Waals surface area contributed by atoms with Gasteiger partial charge in [-0.25, -0.2) is 21.6 Å². The van der Waals surface area contributed by atoms with Gasteiger partial charge in [-0.2, -0.15) is 0 Å². The van der Waals surface area contributed by atoms with Crippen LogP contribution in [0.2, 0.25) is 0 Å². The van der Waals surface area contributed by atoms with Crippen LogP contribution in [0.1, 0.15) is 37.2 Å². The Morgan fingerprint density at radius 2 is 1.61 bits per heavy atom. The van der Waals surface area contributed by atoms with Crippen LogP contribution in [0.5, 0.6) is 0 Å². The van der Waals surface area contributed by atoms with Crippen molar-refractivity contribution in [2.75, 3.05) is 36.7 Å². The molecule has 1 N–H and O–H groups in total. The molecule has 1 unspecified atom stereocenters. The summed E-state index contributed by atoms with van der Waals surface area (Å²) >= 11 is 0. The topological polar surface area (TPSA) is 69.7 Å². The molecule has 170 valence electrons. The number of benzene rings is 2. The number of hydrogen-bond donors (Lipinski definition) is 1. The molecule has 0 aliphatic carbocycles. The van der Waals surface area contributed by atoms with Gasteiger partial charge in [-0.1, -0.05) is 0 Å². The zero-order chi connectivity index (χ0) is 22.8. The molecule has 3 rings (SSSR count). The molecule has 0 radical (unpaired) electrons. The van der Waals surface area contributed by atoms with E-state index in [-0.39, 0.29) is 19.1 Å². The lowest BCUT2D eigenvalue weighted by molar-refractivity contribution is 0.0581. The maximum Gasteiger partial charge on any atom is 0.253 e. The van der Waals surface area contributed by atoms with Crippen LogP contribution in [0.25, 0.3) is 0 Å². The zero-order valence-corrected chi connectivity index (χ0v) is 18.1. The Balaban J connectivity index is 0.00000363. The average Bonchev–Trinajstić information content (AvgIpc) is 2.76. The highest BCUT2D eigenvalue weighted by molar-refractivity contribution is 7.92. The number of halogens is 3. The molecule has 1 fully saturated rings. The zero-order valence-electron chi connectivity index (χ0n) is 17.2. The average molecular weight is 458 g/mol. The number of carbonyl (C=O) groups excluding carboxylic acids is 1. The van der Waals surface area contributed by atoms with Crippen molar-refractivity contribution in [3.8, 4) is 0 Å². The van der Waals surface area contributed by atoms with Gasteiger partial charge in [0.2, 0.25) is 10.0 Å². The summed E-state index contributed by atoms with van der Waals surface area (Å²) in [5.74, 6) is -4.16. The lowest BCUT2D eigenvalue weighted by Crippen LogP contribution is -2.49. The molecule has 1 aliphatic rings. The summed E-state index contributed by atoms with van der Waals surface area (Å²) in [5.41, 5.74) is 1.15. The van der Waals surface area contributed by atoms with Crippen LogP contribution < -0.4 is 4.72 Å². The molecule has 10 heteroatoms. The number of carbonyl (C=O) groups is 1. The van der Waals surface area contributed by atoms with Crippen LogP contribution in [-0.4, -0.2) is 56.1 Å². The van der Waals surface area contributed by atoms with Crippen molar-refractivity contribution in [2.24, 2.45) is 0 Å². The van der Waals surface area contributed by atoms with E-state index in [0.717, 1.165) is 12.1 Å². The van der Waals surface area contributed by atoms with Crippen molar-refractivity contribution in [3.63, 3.8) is 0 Å². The van der Waals surface area contributed by atoms with E-state index in [1.807, 2.05) is 4.90 Å². The smallest absolute Gasteiger partial charge is 0.253 e. The van der Waals surface area contributed by atoms with Gasteiger partial charge in [0.15, 0.2) is 17.5 Å². The van der Waals surface area contributed by atoms with E-state index in [9.17, 15) is 26.4 Å². The standard InChI is InChI=1S/C21H24F3N3O3S.H2/c1-3-31(29,30)25-17-6-4-15(5-7-17)21(28)27-10-8-26(9-11-27)14(2)16-12-18(22)20(24)19(23)13-16;/h4-7,12-14,25H,3,8-11H2,1-2H3;1H. The molecule has 6 nitrogen and oxygen atoms in total. The van der Waals surface area contributed by atoms with E-state index in [2.05, 4.69) is 4.72 Å². The Morgan fingerprint density at radius 1 is 1.06 bits per heavy atom. The maximum absolute atomic E-state index is 13.5. The fourth-order valence-electron chi connectivity index (χ4n) is 3.45. The van der Waals surface area contributed by atoms with E-state index >= 15 is 0 Å². The Morgan fingerprint density at radius 3 is 2.13 bits per heavy atom. The fourth-order valence-corrected chi connectivity index (χ4v) is 4.09. The third-order valence-electron chi connectivity index (χ3n) is 5.42. The predicted octanol–water partition coefficient (Wildman–Crippen LogP) is 3.63. The van der Waals surface area contributed by atoms with Gasteiger partial charge in [0, 0.05) is 44.9 Å². The first-order valence-corrected chi connectivity index (χ1v) is 11.5. The molecule has 1 aliphatic heterocycles. The molecule has 1 saturated heterocycles. The Labute approximate surface area is 181 Å². The van der Waals surface area contributed by atoms with Crippen LogP contribution in [0.4, 0.5) is 18.9 Å². The second-order valence-corrected chi connectivity index (χ2v) is 9.40. The number of amides is 1. The van der Waals surface area contributed by atoms with Crippen LogP contribution in [0.3, 0.4) is 0 Å². The first-order chi connectivity index (χ1) is 14.6. The molecule has 0 aromatic heterocycles. The molecule has 1 heterocycles. The van der Waals surface area contributed by atoms with E-state index in [0.29, 0.717) is 43.0 Å². The summed E-state index contributed by atoms with van der Waals surface area (Å²) in [4.78, 5) is 16.4. The van der Waals surface area contributed by atoms with Gasteiger partial charge in [-0.05, 0) is 55.8 Å². The second-order valence-electron chi connectivity index (χ2n) is 7.39. The Bertz CT molecular complexity index is 1040. The minimum absolute atomic E-state index is 0. The maximum atomic E-state index is 13.5. The normalized spacial score (nSPS) is 16.2. The largest absolute Gasteiger partial charge is 0.336 e. The molecule has 0 bridgehead atoms. The molecular formula is C21H26F3N3O3S. The number of piperazine rings is 1. The minimum atomic E-state index is -3.39. The first-order valence-electron chi connectivity index (χ1n) is 9.89. The van der Waals surface area contributed by atoms with Gasteiger partial charge in [0.05, 0.1) is 5.75 Å². The highest BCUT2D eigenvalue weighted by Crippen LogP contribution is 2.25.